The molecule has 2 N–H and O–H groups in total. The number of anilines is 3. The van der Waals surface area contributed by atoms with Gasteiger partial charge in [0, 0.05) is 17.3 Å². The van der Waals surface area contributed by atoms with Crippen molar-refractivity contribution in [3.63, 3.8) is 0 Å². The smallest absolute Gasteiger partial charge is 0.274 e. The Hall–Kier alpha value is -3.73. The fraction of sp³-hybridized carbons (Fsp3) is 0.0870. The molecular formula is C23H20N4O. The summed E-state index contributed by atoms with van der Waals surface area (Å²) in [6.07, 6.45) is 3.42. The first kappa shape index (κ1) is 17.7. The predicted octanol–water partition coefficient (Wildman–Crippen LogP) is 5.24. The number of amides is 1. The monoisotopic (exact) mass is 368 g/mol. The summed E-state index contributed by atoms with van der Waals surface area (Å²) in [5.74, 6) is -0.231. The van der Waals surface area contributed by atoms with E-state index in [1.54, 1.807) is 18.5 Å². The van der Waals surface area contributed by atoms with Crippen LogP contribution in [0.4, 0.5) is 17.1 Å². The maximum atomic E-state index is 12.5. The zero-order valence-corrected chi connectivity index (χ0v) is 15.7. The molecule has 4 aromatic rings. The largest absolute Gasteiger partial charge is 0.352 e. The molecule has 0 aliphatic carbocycles. The third kappa shape index (κ3) is 3.69. The standard InChI is InChI=1S/C23H20N4O/c1-15-8-10-19(16(2)13-15)27-23(28)21-11-9-18(14-25-21)26-20-7-3-5-17-6-4-12-24-22(17)20/h3-14,26H,1-2H3,(H,27,28). The summed E-state index contributed by atoms with van der Waals surface area (Å²) >= 11 is 0. The lowest BCUT2D eigenvalue weighted by molar-refractivity contribution is 0.102. The van der Waals surface area contributed by atoms with E-state index in [1.165, 1.54) is 0 Å². The zero-order valence-electron chi connectivity index (χ0n) is 15.7. The van der Waals surface area contributed by atoms with Gasteiger partial charge in [-0.2, -0.15) is 0 Å². The molecule has 0 radical (unpaired) electrons. The van der Waals surface area contributed by atoms with E-state index in [0.29, 0.717) is 5.69 Å². The Morgan fingerprint density at radius 3 is 2.54 bits per heavy atom. The minimum atomic E-state index is -0.231. The first-order chi connectivity index (χ1) is 13.6. The molecule has 0 aliphatic heterocycles. The fourth-order valence-electron chi connectivity index (χ4n) is 3.10. The van der Waals surface area contributed by atoms with E-state index < -0.39 is 0 Å². The summed E-state index contributed by atoms with van der Waals surface area (Å²) in [4.78, 5) is 21.2. The second kappa shape index (κ2) is 7.48. The predicted molar refractivity (Wildman–Crippen MR) is 113 cm³/mol. The molecule has 0 unspecified atom stereocenters. The van der Waals surface area contributed by atoms with Gasteiger partial charge in [-0.25, -0.2) is 4.98 Å². The number of fused-ring (bicyclic) bond motifs is 1. The van der Waals surface area contributed by atoms with Crippen LogP contribution in [0.5, 0.6) is 0 Å². The van der Waals surface area contributed by atoms with Gasteiger partial charge in [-0.15, -0.1) is 0 Å². The van der Waals surface area contributed by atoms with Crippen LogP contribution in [0.1, 0.15) is 21.6 Å². The third-order valence-electron chi connectivity index (χ3n) is 4.54. The van der Waals surface area contributed by atoms with Crippen molar-refractivity contribution in [2.75, 3.05) is 10.6 Å². The molecule has 0 saturated heterocycles. The Morgan fingerprint density at radius 1 is 0.893 bits per heavy atom. The normalized spacial score (nSPS) is 10.6. The van der Waals surface area contributed by atoms with Crippen molar-refractivity contribution < 1.29 is 4.79 Å². The van der Waals surface area contributed by atoms with Gasteiger partial charge in [0.05, 0.1) is 23.1 Å². The number of hydrogen-bond donors (Lipinski definition) is 2. The zero-order chi connectivity index (χ0) is 19.5. The van der Waals surface area contributed by atoms with Crippen LogP contribution < -0.4 is 10.6 Å². The number of aryl methyl sites for hydroxylation is 2. The molecule has 138 valence electrons. The van der Waals surface area contributed by atoms with Gasteiger partial charge in [0.2, 0.25) is 0 Å². The molecular weight excluding hydrogens is 348 g/mol. The van der Waals surface area contributed by atoms with E-state index in [0.717, 1.165) is 39.1 Å². The summed E-state index contributed by atoms with van der Waals surface area (Å²) in [6.45, 7) is 4.00. The average molecular weight is 368 g/mol. The molecule has 0 bridgehead atoms. The van der Waals surface area contributed by atoms with Gasteiger partial charge in [-0.05, 0) is 49.7 Å². The maximum Gasteiger partial charge on any atom is 0.274 e. The fourth-order valence-corrected chi connectivity index (χ4v) is 3.10. The first-order valence-corrected chi connectivity index (χ1v) is 9.05. The van der Waals surface area contributed by atoms with Crippen LogP contribution in [0.25, 0.3) is 10.9 Å². The summed E-state index contributed by atoms with van der Waals surface area (Å²) < 4.78 is 0. The third-order valence-corrected chi connectivity index (χ3v) is 4.54. The molecule has 5 heteroatoms. The SMILES string of the molecule is Cc1ccc(NC(=O)c2ccc(Nc3cccc4cccnc34)cn2)c(C)c1. The highest BCUT2D eigenvalue weighted by Crippen LogP contribution is 2.24. The molecule has 4 rings (SSSR count). The van der Waals surface area contributed by atoms with Gasteiger partial charge in [0.25, 0.3) is 5.91 Å². The second-order valence-electron chi connectivity index (χ2n) is 6.71. The van der Waals surface area contributed by atoms with Crippen LogP contribution >= 0.6 is 0 Å². The average Bonchev–Trinajstić information content (AvgIpc) is 2.71. The molecule has 5 nitrogen and oxygen atoms in total. The van der Waals surface area contributed by atoms with E-state index in [9.17, 15) is 4.79 Å². The number of pyridine rings is 2. The Balaban J connectivity index is 1.51. The molecule has 2 aromatic carbocycles. The Bertz CT molecular complexity index is 1150. The lowest BCUT2D eigenvalue weighted by Crippen LogP contribution is -2.14. The Morgan fingerprint density at radius 2 is 1.75 bits per heavy atom. The topological polar surface area (TPSA) is 66.9 Å². The number of para-hydroxylation sites is 1. The van der Waals surface area contributed by atoms with Crippen molar-refractivity contribution in [1.29, 1.82) is 0 Å². The lowest BCUT2D eigenvalue weighted by Gasteiger charge is -2.10. The van der Waals surface area contributed by atoms with Crippen LogP contribution in [0.2, 0.25) is 0 Å². The minimum Gasteiger partial charge on any atom is -0.352 e. The van der Waals surface area contributed by atoms with Crippen LogP contribution in [0.3, 0.4) is 0 Å². The number of carbonyl (C=O) groups excluding carboxylic acids is 1. The van der Waals surface area contributed by atoms with Crippen molar-refractivity contribution in [2.45, 2.75) is 13.8 Å². The number of aromatic nitrogens is 2. The minimum absolute atomic E-state index is 0.231. The Kier molecular flexibility index (Phi) is 4.72. The molecule has 1 amide bonds. The number of hydrogen-bond acceptors (Lipinski definition) is 4. The molecule has 0 aliphatic rings. The van der Waals surface area contributed by atoms with E-state index in [2.05, 4.69) is 20.6 Å². The van der Waals surface area contributed by atoms with Crippen molar-refractivity contribution in [2.24, 2.45) is 0 Å². The summed E-state index contributed by atoms with van der Waals surface area (Å²) in [7, 11) is 0. The van der Waals surface area contributed by atoms with E-state index in [1.807, 2.05) is 68.4 Å². The van der Waals surface area contributed by atoms with Crippen molar-refractivity contribution in [1.82, 2.24) is 9.97 Å². The van der Waals surface area contributed by atoms with Crippen LogP contribution in [-0.2, 0) is 0 Å². The van der Waals surface area contributed by atoms with Gasteiger partial charge >= 0.3 is 0 Å². The van der Waals surface area contributed by atoms with Crippen LogP contribution in [0.15, 0.2) is 73.1 Å². The van der Waals surface area contributed by atoms with Gasteiger partial charge in [-0.1, -0.05) is 35.9 Å². The Labute approximate surface area is 163 Å². The van der Waals surface area contributed by atoms with Crippen molar-refractivity contribution >= 4 is 33.9 Å². The second-order valence-corrected chi connectivity index (χ2v) is 6.71. The quantitative estimate of drug-likeness (QED) is 0.517. The molecule has 0 saturated carbocycles. The summed E-state index contributed by atoms with van der Waals surface area (Å²) in [5, 5.41) is 7.30. The van der Waals surface area contributed by atoms with Gasteiger partial charge < -0.3 is 10.6 Å². The van der Waals surface area contributed by atoms with Gasteiger partial charge in [0.15, 0.2) is 0 Å². The number of nitrogens with one attached hydrogen (secondary N) is 2. The molecule has 0 fully saturated rings. The van der Waals surface area contributed by atoms with E-state index in [4.69, 9.17) is 0 Å². The summed E-state index contributed by atoms with van der Waals surface area (Å²) in [5.41, 5.74) is 5.92. The van der Waals surface area contributed by atoms with Crippen LogP contribution in [-0.4, -0.2) is 15.9 Å². The van der Waals surface area contributed by atoms with E-state index >= 15 is 0 Å². The molecule has 0 spiro atoms. The molecule has 28 heavy (non-hydrogen) atoms. The summed E-state index contributed by atoms with van der Waals surface area (Å²) in [6, 6.07) is 19.4. The number of nitrogens with zero attached hydrogens (tertiary/aromatic N) is 2. The van der Waals surface area contributed by atoms with Crippen molar-refractivity contribution in [3.05, 3.63) is 89.9 Å². The number of benzene rings is 2. The molecule has 0 atom stereocenters. The van der Waals surface area contributed by atoms with Crippen LogP contribution in [0, 0.1) is 13.8 Å². The lowest BCUT2D eigenvalue weighted by atomic mass is 10.1. The van der Waals surface area contributed by atoms with E-state index in [-0.39, 0.29) is 5.91 Å². The number of carbonyl (C=O) groups is 1. The first-order valence-electron chi connectivity index (χ1n) is 9.05. The maximum absolute atomic E-state index is 12.5. The van der Waals surface area contributed by atoms with Crippen molar-refractivity contribution in [3.8, 4) is 0 Å². The highest BCUT2D eigenvalue weighted by atomic mass is 16.1. The van der Waals surface area contributed by atoms with Gasteiger partial charge in [-0.3, -0.25) is 9.78 Å². The number of rotatable bonds is 4. The van der Waals surface area contributed by atoms with Gasteiger partial charge in [0.1, 0.15) is 5.69 Å². The highest BCUT2D eigenvalue weighted by molar-refractivity contribution is 6.03. The molecule has 2 heterocycles. The molecule has 2 aromatic heterocycles. The highest BCUT2D eigenvalue weighted by Gasteiger charge is 2.10.